The molecule has 3 rings (SSSR count). The molecule has 1 heterocycles. The molecule has 0 bridgehead atoms. The number of amides is 2. The first kappa shape index (κ1) is 18.9. The summed E-state index contributed by atoms with van der Waals surface area (Å²) < 4.78 is 40.0. The van der Waals surface area contributed by atoms with E-state index in [2.05, 4.69) is 5.32 Å². The summed E-state index contributed by atoms with van der Waals surface area (Å²) in [4.78, 5) is 26.4. The number of carbonyl (C=O) groups is 2. The van der Waals surface area contributed by atoms with E-state index < -0.39 is 28.9 Å². The molecule has 0 aliphatic carbocycles. The van der Waals surface area contributed by atoms with Crippen LogP contribution in [0.3, 0.4) is 0 Å². The number of piperidine rings is 1. The minimum Gasteiger partial charge on any atom is -0.349 e. The molecule has 0 atom stereocenters. The molecule has 142 valence electrons. The van der Waals surface area contributed by atoms with Crippen LogP contribution in [-0.4, -0.2) is 35.8 Å². The van der Waals surface area contributed by atoms with Crippen LogP contribution in [0.4, 0.5) is 13.2 Å². The Hall–Kier alpha value is -2.83. The molecule has 1 aliphatic rings. The first-order chi connectivity index (χ1) is 12.9. The summed E-state index contributed by atoms with van der Waals surface area (Å²) in [5, 5.41) is 2.63. The third-order valence-electron chi connectivity index (χ3n) is 4.66. The van der Waals surface area contributed by atoms with Crippen LogP contribution in [0.5, 0.6) is 0 Å². The van der Waals surface area contributed by atoms with Gasteiger partial charge in [0.05, 0.1) is 5.56 Å². The first-order valence-electron chi connectivity index (χ1n) is 8.67. The average Bonchev–Trinajstić information content (AvgIpc) is 2.66. The van der Waals surface area contributed by atoms with Crippen molar-refractivity contribution >= 4 is 11.8 Å². The quantitative estimate of drug-likeness (QED) is 0.835. The Balaban J connectivity index is 1.59. The van der Waals surface area contributed by atoms with E-state index in [1.165, 1.54) is 0 Å². The van der Waals surface area contributed by atoms with Crippen molar-refractivity contribution in [2.45, 2.75) is 25.8 Å². The molecule has 1 saturated heterocycles. The van der Waals surface area contributed by atoms with Crippen LogP contribution >= 0.6 is 0 Å². The van der Waals surface area contributed by atoms with Gasteiger partial charge in [0, 0.05) is 24.7 Å². The Morgan fingerprint density at radius 3 is 2.41 bits per heavy atom. The van der Waals surface area contributed by atoms with Gasteiger partial charge in [-0.25, -0.2) is 13.2 Å². The number of aryl methyl sites for hydroxylation is 1. The van der Waals surface area contributed by atoms with E-state index >= 15 is 0 Å². The third-order valence-corrected chi connectivity index (χ3v) is 4.66. The molecule has 0 spiro atoms. The van der Waals surface area contributed by atoms with Crippen LogP contribution < -0.4 is 5.32 Å². The topological polar surface area (TPSA) is 49.4 Å². The third kappa shape index (κ3) is 4.13. The number of benzene rings is 2. The van der Waals surface area contributed by atoms with E-state index in [4.69, 9.17) is 0 Å². The molecule has 0 radical (unpaired) electrons. The van der Waals surface area contributed by atoms with Crippen molar-refractivity contribution in [2.24, 2.45) is 0 Å². The molecule has 2 amide bonds. The van der Waals surface area contributed by atoms with Gasteiger partial charge in [0.15, 0.2) is 17.5 Å². The summed E-state index contributed by atoms with van der Waals surface area (Å²) in [6.45, 7) is 2.80. The zero-order chi connectivity index (χ0) is 19.6. The maximum absolute atomic E-state index is 13.7. The van der Waals surface area contributed by atoms with Crippen LogP contribution in [0.1, 0.15) is 39.1 Å². The normalized spacial score (nSPS) is 14.9. The van der Waals surface area contributed by atoms with E-state index in [-0.39, 0.29) is 11.9 Å². The fourth-order valence-corrected chi connectivity index (χ4v) is 3.15. The highest BCUT2D eigenvalue weighted by molar-refractivity contribution is 5.95. The molecule has 7 heteroatoms. The van der Waals surface area contributed by atoms with Crippen molar-refractivity contribution in [3.8, 4) is 0 Å². The zero-order valence-corrected chi connectivity index (χ0v) is 14.8. The number of nitrogens with one attached hydrogen (secondary N) is 1. The monoisotopic (exact) mass is 376 g/mol. The summed E-state index contributed by atoms with van der Waals surface area (Å²) >= 11 is 0. The molecular weight excluding hydrogens is 357 g/mol. The van der Waals surface area contributed by atoms with Crippen molar-refractivity contribution in [1.29, 1.82) is 0 Å². The van der Waals surface area contributed by atoms with Crippen LogP contribution in [0.25, 0.3) is 0 Å². The minimum absolute atomic E-state index is 0.0740. The molecular formula is C20H19F3N2O2. The number of halogens is 3. The van der Waals surface area contributed by atoms with E-state index in [1.807, 2.05) is 25.1 Å². The number of rotatable bonds is 3. The standard InChI is InChI=1S/C20H19F3N2O2/c1-12-3-2-4-13(11-12)20(27)25-9-7-14(8-10-25)24-19(26)15-5-6-16(21)18(23)17(15)22/h2-6,11,14H,7-10H2,1H3,(H,24,26). The van der Waals surface area contributed by atoms with Gasteiger partial charge >= 0.3 is 0 Å². The van der Waals surface area contributed by atoms with Crippen molar-refractivity contribution in [3.05, 3.63) is 70.5 Å². The molecule has 1 aliphatic heterocycles. The van der Waals surface area contributed by atoms with Gasteiger partial charge in [-0.3, -0.25) is 9.59 Å². The van der Waals surface area contributed by atoms with Crippen molar-refractivity contribution in [1.82, 2.24) is 10.2 Å². The Bertz CT molecular complexity index is 878. The van der Waals surface area contributed by atoms with E-state index in [9.17, 15) is 22.8 Å². The van der Waals surface area contributed by atoms with Gasteiger partial charge in [0.1, 0.15) is 0 Å². The largest absolute Gasteiger partial charge is 0.349 e. The summed E-state index contributed by atoms with van der Waals surface area (Å²) in [6, 6.07) is 8.68. The van der Waals surface area contributed by atoms with Crippen molar-refractivity contribution in [3.63, 3.8) is 0 Å². The molecule has 4 nitrogen and oxygen atoms in total. The van der Waals surface area contributed by atoms with Gasteiger partial charge in [-0.15, -0.1) is 0 Å². The second kappa shape index (κ2) is 7.82. The lowest BCUT2D eigenvalue weighted by molar-refractivity contribution is 0.0697. The highest BCUT2D eigenvalue weighted by Gasteiger charge is 2.26. The second-order valence-corrected chi connectivity index (χ2v) is 6.63. The maximum Gasteiger partial charge on any atom is 0.254 e. The van der Waals surface area contributed by atoms with E-state index in [0.29, 0.717) is 31.5 Å². The summed E-state index contributed by atoms with van der Waals surface area (Å²) in [5.74, 6) is -5.38. The first-order valence-corrected chi connectivity index (χ1v) is 8.67. The van der Waals surface area contributed by atoms with Crippen molar-refractivity contribution < 1.29 is 22.8 Å². The fourth-order valence-electron chi connectivity index (χ4n) is 3.15. The van der Waals surface area contributed by atoms with Crippen LogP contribution in [0.15, 0.2) is 36.4 Å². The second-order valence-electron chi connectivity index (χ2n) is 6.63. The van der Waals surface area contributed by atoms with Gasteiger partial charge < -0.3 is 10.2 Å². The number of hydrogen-bond donors (Lipinski definition) is 1. The zero-order valence-electron chi connectivity index (χ0n) is 14.8. The highest BCUT2D eigenvalue weighted by Crippen LogP contribution is 2.18. The van der Waals surface area contributed by atoms with Crippen LogP contribution in [0.2, 0.25) is 0 Å². The Morgan fingerprint density at radius 2 is 1.74 bits per heavy atom. The lowest BCUT2D eigenvalue weighted by Gasteiger charge is -2.32. The average molecular weight is 376 g/mol. The Morgan fingerprint density at radius 1 is 1.04 bits per heavy atom. The molecule has 27 heavy (non-hydrogen) atoms. The molecule has 0 aromatic heterocycles. The molecule has 2 aromatic carbocycles. The number of likely N-dealkylation sites (tertiary alicyclic amines) is 1. The summed E-state index contributed by atoms with van der Waals surface area (Å²) in [5.41, 5.74) is 1.07. The SMILES string of the molecule is Cc1cccc(C(=O)N2CCC(NC(=O)c3ccc(F)c(F)c3F)CC2)c1. The van der Waals surface area contributed by atoms with E-state index in [1.54, 1.807) is 11.0 Å². The lowest BCUT2D eigenvalue weighted by Crippen LogP contribution is -2.46. The van der Waals surface area contributed by atoms with Gasteiger partial charge in [0.25, 0.3) is 11.8 Å². The summed E-state index contributed by atoms with van der Waals surface area (Å²) in [6.07, 6.45) is 0.989. The highest BCUT2D eigenvalue weighted by atomic mass is 19.2. The predicted molar refractivity (Wildman–Crippen MR) is 93.9 cm³/mol. The maximum atomic E-state index is 13.7. The molecule has 2 aromatic rings. The van der Waals surface area contributed by atoms with Crippen molar-refractivity contribution in [2.75, 3.05) is 13.1 Å². The molecule has 1 fully saturated rings. The molecule has 0 unspecified atom stereocenters. The minimum atomic E-state index is -1.67. The number of nitrogens with zero attached hydrogens (tertiary/aromatic N) is 1. The number of carbonyl (C=O) groups excluding carboxylic acids is 2. The van der Waals surface area contributed by atoms with Crippen LogP contribution in [0, 0.1) is 24.4 Å². The predicted octanol–water partition coefficient (Wildman–Crippen LogP) is 3.45. The number of hydrogen-bond acceptors (Lipinski definition) is 2. The van der Waals surface area contributed by atoms with Crippen LogP contribution in [-0.2, 0) is 0 Å². The van der Waals surface area contributed by atoms with Gasteiger partial charge in [-0.1, -0.05) is 17.7 Å². The van der Waals surface area contributed by atoms with E-state index in [0.717, 1.165) is 17.7 Å². The van der Waals surface area contributed by atoms with Gasteiger partial charge in [0.2, 0.25) is 0 Å². The molecule has 0 saturated carbocycles. The molecule has 1 N–H and O–H groups in total. The smallest absolute Gasteiger partial charge is 0.254 e. The van der Waals surface area contributed by atoms with Gasteiger partial charge in [-0.05, 0) is 44.0 Å². The van der Waals surface area contributed by atoms with Gasteiger partial charge in [-0.2, -0.15) is 0 Å². The summed E-state index contributed by atoms with van der Waals surface area (Å²) in [7, 11) is 0. The Kier molecular flexibility index (Phi) is 5.48. The Labute approximate surface area is 155 Å². The fraction of sp³-hybridized carbons (Fsp3) is 0.300. The lowest BCUT2D eigenvalue weighted by atomic mass is 10.0.